The lowest BCUT2D eigenvalue weighted by atomic mass is 10.1. The van der Waals surface area contributed by atoms with Crippen LogP contribution in [0.2, 0.25) is 0 Å². The highest BCUT2D eigenvalue weighted by Gasteiger charge is 2.08. The number of thiazole rings is 1. The first-order valence-electron chi connectivity index (χ1n) is 6.44. The molecule has 3 nitrogen and oxygen atoms in total. The first-order valence-corrected chi connectivity index (χ1v) is 8.20. The Hall–Kier alpha value is -1.56. The van der Waals surface area contributed by atoms with Crippen molar-refractivity contribution in [1.29, 1.82) is 0 Å². The Balaban J connectivity index is 1.62. The van der Waals surface area contributed by atoms with E-state index in [0.29, 0.717) is 6.04 Å². The number of rotatable bonds is 5. The van der Waals surface area contributed by atoms with E-state index in [0.717, 1.165) is 17.2 Å². The zero-order valence-electron chi connectivity index (χ0n) is 11.1. The Morgan fingerprint density at radius 1 is 1.20 bits per heavy atom. The summed E-state index contributed by atoms with van der Waals surface area (Å²) in [7, 11) is 0. The van der Waals surface area contributed by atoms with Crippen molar-refractivity contribution in [3.63, 3.8) is 0 Å². The molecule has 3 aromatic heterocycles. The van der Waals surface area contributed by atoms with E-state index in [1.54, 1.807) is 22.7 Å². The fourth-order valence-corrected chi connectivity index (χ4v) is 3.56. The van der Waals surface area contributed by atoms with E-state index in [9.17, 15) is 0 Å². The molecular formula is C15H15N3S2. The van der Waals surface area contributed by atoms with Crippen molar-refractivity contribution in [2.24, 2.45) is 0 Å². The van der Waals surface area contributed by atoms with Crippen LogP contribution in [0.3, 0.4) is 0 Å². The van der Waals surface area contributed by atoms with Crippen molar-refractivity contribution in [3.05, 3.63) is 58.7 Å². The molecule has 0 fully saturated rings. The van der Waals surface area contributed by atoms with Gasteiger partial charge in [-0.2, -0.15) is 0 Å². The van der Waals surface area contributed by atoms with Gasteiger partial charge in [0.05, 0.1) is 10.6 Å². The topological polar surface area (TPSA) is 37.8 Å². The van der Waals surface area contributed by atoms with Gasteiger partial charge >= 0.3 is 0 Å². The Kier molecular flexibility index (Phi) is 4.20. The highest BCUT2D eigenvalue weighted by molar-refractivity contribution is 7.20. The van der Waals surface area contributed by atoms with Crippen LogP contribution in [0, 0.1) is 0 Å². The lowest BCUT2D eigenvalue weighted by molar-refractivity contribution is 0.569. The van der Waals surface area contributed by atoms with Gasteiger partial charge in [0.25, 0.3) is 0 Å². The van der Waals surface area contributed by atoms with Crippen molar-refractivity contribution in [2.45, 2.75) is 19.5 Å². The Morgan fingerprint density at radius 2 is 2.05 bits per heavy atom. The molecule has 0 bridgehead atoms. The molecule has 0 saturated heterocycles. The Bertz CT molecular complexity index is 647. The van der Waals surface area contributed by atoms with E-state index in [1.807, 2.05) is 24.5 Å². The van der Waals surface area contributed by atoms with E-state index >= 15 is 0 Å². The van der Waals surface area contributed by atoms with Crippen LogP contribution in [0.25, 0.3) is 9.88 Å². The summed E-state index contributed by atoms with van der Waals surface area (Å²) in [5, 5.41) is 8.81. The van der Waals surface area contributed by atoms with E-state index in [-0.39, 0.29) is 0 Å². The largest absolute Gasteiger partial charge is 0.305 e. The zero-order valence-corrected chi connectivity index (χ0v) is 12.7. The Morgan fingerprint density at radius 3 is 2.80 bits per heavy atom. The number of thiophene rings is 1. The van der Waals surface area contributed by atoms with E-state index < -0.39 is 0 Å². The van der Waals surface area contributed by atoms with Gasteiger partial charge in [-0.1, -0.05) is 6.07 Å². The van der Waals surface area contributed by atoms with Gasteiger partial charge in [-0.3, -0.25) is 4.98 Å². The summed E-state index contributed by atoms with van der Waals surface area (Å²) < 4.78 is 0. The maximum atomic E-state index is 4.67. The third-order valence-electron chi connectivity index (χ3n) is 3.08. The normalized spacial score (nSPS) is 12.4. The first-order chi connectivity index (χ1) is 9.83. The molecule has 102 valence electrons. The highest BCUT2D eigenvalue weighted by Crippen LogP contribution is 2.27. The molecule has 3 heterocycles. The number of nitrogens with zero attached hydrogens (tertiary/aromatic N) is 2. The quantitative estimate of drug-likeness (QED) is 0.770. The monoisotopic (exact) mass is 301 g/mol. The summed E-state index contributed by atoms with van der Waals surface area (Å²) in [5.41, 5.74) is 2.34. The van der Waals surface area contributed by atoms with E-state index in [4.69, 9.17) is 0 Å². The van der Waals surface area contributed by atoms with Gasteiger partial charge < -0.3 is 5.32 Å². The van der Waals surface area contributed by atoms with Crippen LogP contribution in [0.5, 0.6) is 0 Å². The molecule has 0 aliphatic rings. The standard InChI is InChI=1S/C15H15N3S2/c1-11(12-4-6-16-7-5-12)17-9-13-10-20-15(18-13)14-3-2-8-19-14/h2-8,10-11,17H,9H2,1H3. The van der Waals surface area contributed by atoms with Crippen LogP contribution >= 0.6 is 22.7 Å². The molecule has 3 aromatic rings. The number of hydrogen-bond donors (Lipinski definition) is 1. The molecule has 0 aromatic carbocycles. The van der Waals surface area contributed by atoms with Gasteiger partial charge in [0, 0.05) is 30.4 Å². The van der Waals surface area contributed by atoms with Crippen LogP contribution in [-0.4, -0.2) is 9.97 Å². The summed E-state index contributed by atoms with van der Waals surface area (Å²) >= 11 is 3.44. The number of pyridine rings is 1. The predicted octanol–water partition coefficient (Wildman–Crippen LogP) is 4.12. The summed E-state index contributed by atoms with van der Waals surface area (Å²) in [6.07, 6.45) is 3.65. The summed E-state index contributed by atoms with van der Waals surface area (Å²) in [6, 6.07) is 8.54. The fourth-order valence-electron chi connectivity index (χ4n) is 1.93. The molecule has 20 heavy (non-hydrogen) atoms. The summed E-state index contributed by atoms with van der Waals surface area (Å²) in [6.45, 7) is 2.94. The van der Waals surface area contributed by atoms with Crippen molar-refractivity contribution in [3.8, 4) is 9.88 Å². The van der Waals surface area contributed by atoms with Gasteiger partial charge in [-0.15, -0.1) is 22.7 Å². The minimum absolute atomic E-state index is 0.296. The van der Waals surface area contributed by atoms with Crippen LogP contribution < -0.4 is 5.32 Å². The van der Waals surface area contributed by atoms with Crippen molar-refractivity contribution in [2.75, 3.05) is 0 Å². The molecule has 3 rings (SSSR count). The Labute approximate surface area is 126 Å². The molecule has 1 atom stereocenters. The second-order valence-electron chi connectivity index (χ2n) is 4.50. The number of hydrogen-bond acceptors (Lipinski definition) is 5. The molecule has 1 unspecified atom stereocenters. The van der Waals surface area contributed by atoms with Gasteiger partial charge in [0.15, 0.2) is 0 Å². The summed E-state index contributed by atoms with van der Waals surface area (Å²) in [5.74, 6) is 0. The minimum Gasteiger partial charge on any atom is -0.305 e. The molecule has 5 heteroatoms. The van der Waals surface area contributed by atoms with Crippen molar-refractivity contribution in [1.82, 2.24) is 15.3 Å². The molecule has 0 aliphatic carbocycles. The van der Waals surface area contributed by atoms with Crippen LogP contribution in [0.1, 0.15) is 24.2 Å². The smallest absolute Gasteiger partial charge is 0.133 e. The maximum Gasteiger partial charge on any atom is 0.133 e. The average molecular weight is 301 g/mol. The second kappa shape index (κ2) is 6.26. The predicted molar refractivity (Wildman–Crippen MR) is 84.9 cm³/mol. The second-order valence-corrected chi connectivity index (χ2v) is 6.31. The molecule has 0 spiro atoms. The van der Waals surface area contributed by atoms with E-state index in [1.165, 1.54) is 10.4 Å². The minimum atomic E-state index is 0.296. The lowest BCUT2D eigenvalue weighted by Crippen LogP contribution is -2.18. The van der Waals surface area contributed by atoms with Gasteiger partial charge in [-0.05, 0) is 36.1 Å². The number of aromatic nitrogens is 2. The van der Waals surface area contributed by atoms with Crippen LogP contribution in [0.15, 0.2) is 47.4 Å². The van der Waals surface area contributed by atoms with Crippen molar-refractivity contribution < 1.29 is 0 Å². The zero-order chi connectivity index (χ0) is 13.8. The first kappa shape index (κ1) is 13.4. The van der Waals surface area contributed by atoms with Gasteiger partial charge in [0.2, 0.25) is 0 Å². The average Bonchev–Trinajstić information content (AvgIpc) is 3.16. The molecule has 0 radical (unpaired) electrons. The van der Waals surface area contributed by atoms with Crippen molar-refractivity contribution >= 4 is 22.7 Å². The third kappa shape index (κ3) is 3.12. The molecular weight excluding hydrogens is 286 g/mol. The molecule has 0 amide bonds. The SMILES string of the molecule is CC(NCc1csc(-c2cccs2)n1)c1ccncc1. The van der Waals surface area contributed by atoms with Crippen LogP contribution in [-0.2, 0) is 6.54 Å². The molecule has 1 N–H and O–H groups in total. The number of nitrogens with one attached hydrogen (secondary N) is 1. The lowest BCUT2D eigenvalue weighted by Gasteiger charge is -2.12. The van der Waals surface area contributed by atoms with E-state index in [2.05, 4.69) is 45.1 Å². The highest BCUT2D eigenvalue weighted by atomic mass is 32.1. The third-order valence-corrected chi connectivity index (χ3v) is 5.01. The maximum absolute atomic E-state index is 4.67. The fraction of sp³-hybridized carbons (Fsp3) is 0.200. The van der Waals surface area contributed by atoms with Gasteiger partial charge in [0.1, 0.15) is 5.01 Å². The summed E-state index contributed by atoms with van der Waals surface area (Å²) in [4.78, 5) is 9.95. The molecule has 0 saturated carbocycles. The van der Waals surface area contributed by atoms with Crippen LogP contribution in [0.4, 0.5) is 0 Å². The van der Waals surface area contributed by atoms with Gasteiger partial charge in [-0.25, -0.2) is 4.98 Å². The molecule has 0 aliphatic heterocycles.